The highest BCUT2D eigenvalue weighted by molar-refractivity contribution is 9.11. The second-order valence-corrected chi connectivity index (χ2v) is 5.57. The summed E-state index contributed by atoms with van der Waals surface area (Å²) in [4.78, 5) is 0. The van der Waals surface area contributed by atoms with E-state index in [1.54, 1.807) is 0 Å². The van der Waals surface area contributed by atoms with Gasteiger partial charge in [-0.1, -0.05) is 50.1 Å². The molecule has 0 unspecified atom stereocenters. The first kappa shape index (κ1) is 10.3. The van der Waals surface area contributed by atoms with Crippen LogP contribution in [0.1, 0.15) is 0 Å². The summed E-state index contributed by atoms with van der Waals surface area (Å²) in [5, 5.41) is 5.06. The highest BCUT2D eigenvalue weighted by Crippen LogP contribution is 2.29. The summed E-state index contributed by atoms with van der Waals surface area (Å²) in [6.07, 6.45) is 0. The van der Waals surface area contributed by atoms with Crippen molar-refractivity contribution in [1.29, 1.82) is 0 Å². The SMILES string of the molecule is Brc1ccc2cc3c(Br)cccc3cc2c1. The molecule has 3 aromatic carbocycles. The minimum atomic E-state index is 1.12. The Morgan fingerprint density at radius 2 is 1.56 bits per heavy atom. The van der Waals surface area contributed by atoms with Crippen LogP contribution in [-0.2, 0) is 0 Å². The summed E-state index contributed by atoms with van der Waals surface area (Å²) in [6, 6.07) is 17.1. The van der Waals surface area contributed by atoms with Gasteiger partial charge in [0.25, 0.3) is 0 Å². The zero-order valence-electron chi connectivity index (χ0n) is 8.37. The van der Waals surface area contributed by atoms with Crippen molar-refractivity contribution < 1.29 is 0 Å². The van der Waals surface area contributed by atoms with Gasteiger partial charge in [0.2, 0.25) is 0 Å². The quantitative estimate of drug-likeness (QED) is 0.474. The van der Waals surface area contributed by atoms with Crippen LogP contribution < -0.4 is 0 Å². The number of benzene rings is 3. The lowest BCUT2D eigenvalue weighted by molar-refractivity contribution is 1.70. The van der Waals surface area contributed by atoms with Gasteiger partial charge < -0.3 is 0 Å². The van der Waals surface area contributed by atoms with Crippen molar-refractivity contribution in [1.82, 2.24) is 0 Å². The topological polar surface area (TPSA) is 0 Å². The molecule has 0 amide bonds. The van der Waals surface area contributed by atoms with Crippen LogP contribution in [-0.4, -0.2) is 0 Å². The third kappa shape index (κ3) is 1.66. The summed E-state index contributed by atoms with van der Waals surface area (Å²) in [5.74, 6) is 0. The third-order valence-corrected chi connectivity index (χ3v) is 3.93. The molecule has 0 saturated carbocycles. The van der Waals surface area contributed by atoms with Crippen molar-refractivity contribution in [3.63, 3.8) is 0 Å². The molecule has 0 saturated heterocycles. The van der Waals surface area contributed by atoms with E-state index in [0.717, 1.165) is 8.95 Å². The largest absolute Gasteiger partial charge is 0.0605 e. The monoisotopic (exact) mass is 334 g/mol. The van der Waals surface area contributed by atoms with Gasteiger partial charge in [-0.05, 0) is 51.9 Å². The molecule has 16 heavy (non-hydrogen) atoms. The van der Waals surface area contributed by atoms with Gasteiger partial charge in [0.1, 0.15) is 0 Å². The van der Waals surface area contributed by atoms with Crippen LogP contribution in [0.4, 0.5) is 0 Å². The highest BCUT2D eigenvalue weighted by atomic mass is 79.9. The van der Waals surface area contributed by atoms with Crippen LogP contribution in [0.2, 0.25) is 0 Å². The first-order chi connectivity index (χ1) is 7.74. The number of hydrogen-bond acceptors (Lipinski definition) is 0. The predicted octanol–water partition coefficient (Wildman–Crippen LogP) is 5.52. The van der Waals surface area contributed by atoms with Crippen LogP contribution in [0.25, 0.3) is 21.5 Å². The van der Waals surface area contributed by atoms with Crippen LogP contribution in [0.5, 0.6) is 0 Å². The predicted molar refractivity (Wildman–Crippen MR) is 76.9 cm³/mol. The third-order valence-electron chi connectivity index (χ3n) is 2.75. The van der Waals surface area contributed by atoms with Gasteiger partial charge in [0.05, 0.1) is 0 Å². The lowest BCUT2D eigenvalue weighted by atomic mass is 10.0. The molecule has 0 fully saturated rings. The highest BCUT2D eigenvalue weighted by Gasteiger charge is 2.01. The van der Waals surface area contributed by atoms with Crippen molar-refractivity contribution in [2.24, 2.45) is 0 Å². The van der Waals surface area contributed by atoms with Gasteiger partial charge in [-0.2, -0.15) is 0 Å². The van der Waals surface area contributed by atoms with Gasteiger partial charge in [0.15, 0.2) is 0 Å². The van der Waals surface area contributed by atoms with E-state index < -0.39 is 0 Å². The van der Waals surface area contributed by atoms with Crippen LogP contribution in [0, 0.1) is 0 Å². The molecule has 0 aromatic heterocycles. The Kier molecular flexibility index (Phi) is 2.49. The fourth-order valence-electron chi connectivity index (χ4n) is 1.96. The van der Waals surface area contributed by atoms with E-state index in [1.807, 2.05) is 0 Å². The summed E-state index contributed by atoms with van der Waals surface area (Å²) in [7, 11) is 0. The maximum atomic E-state index is 3.59. The van der Waals surface area contributed by atoms with Crippen molar-refractivity contribution in [2.45, 2.75) is 0 Å². The van der Waals surface area contributed by atoms with Gasteiger partial charge in [-0.25, -0.2) is 0 Å². The molecule has 0 heterocycles. The van der Waals surface area contributed by atoms with Crippen molar-refractivity contribution in [3.8, 4) is 0 Å². The first-order valence-corrected chi connectivity index (χ1v) is 6.60. The maximum Gasteiger partial charge on any atom is 0.0253 e. The lowest BCUT2D eigenvalue weighted by Crippen LogP contribution is -1.77. The number of rotatable bonds is 0. The molecule has 3 aromatic rings. The normalized spacial score (nSPS) is 11.1. The molecule has 0 aliphatic heterocycles. The average Bonchev–Trinajstić information content (AvgIpc) is 2.27. The fraction of sp³-hybridized carbons (Fsp3) is 0. The molecule has 0 radical (unpaired) electrons. The molecule has 3 rings (SSSR count). The Balaban J connectivity index is 2.49. The van der Waals surface area contributed by atoms with Crippen LogP contribution in [0.3, 0.4) is 0 Å². The van der Waals surface area contributed by atoms with E-state index in [1.165, 1.54) is 21.5 Å². The minimum absolute atomic E-state index is 1.12. The first-order valence-electron chi connectivity index (χ1n) is 5.01. The molecule has 0 aliphatic carbocycles. The Hall–Kier alpha value is -0.860. The second kappa shape index (κ2) is 3.86. The fourth-order valence-corrected chi connectivity index (χ4v) is 2.83. The molecule has 0 aliphatic rings. The van der Waals surface area contributed by atoms with Gasteiger partial charge in [-0.15, -0.1) is 0 Å². The van der Waals surface area contributed by atoms with E-state index in [0.29, 0.717) is 0 Å². The van der Waals surface area contributed by atoms with Gasteiger partial charge >= 0.3 is 0 Å². The van der Waals surface area contributed by atoms with E-state index >= 15 is 0 Å². The van der Waals surface area contributed by atoms with E-state index in [9.17, 15) is 0 Å². The summed E-state index contributed by atoms with van der Waals surface area (Å²) >= 11 is 7.09. The summed E-state index contributed by atoms with van der Waals surface area (Å²) < 4.78 is 2.27. The van der Waals surface area contributed by atoms with E-state index in [-0.39, 0.29) is 0 Å². The standard InChI is InChI=1S/C14H8Br2/c15-12-5-4-9-8-13-10(6-11(9)7-12)2-1-3-14(13)16/h1-8H. The van der Waals surface area contributed by atoms with Crippen LogP contribution >= 0.6 is 31.9 Å². The molecule has 2 heteroatoms. The summed E-state index contributed by atoms with van der Waals surface area (Å²) in [6.45, 7) is 0. The van der Waals surface area contributed by atoms with Crippen molar-refractivity contribution in [2.75, 3.05) is 0 Å². The molecule has 0 atom stereocenters. The Morgan fingerprint density at radius 1 is 0.688 bits per heavy atom. The molecular weight excluding hydrogens is 328 g/mol. The minimum Gasteiger partial charge on any atom is -0.0605 e. The molecule has 0 nitrogen and oxygen atoms in total. The van der Waals surface area contributed by atoms with Crippen molar-refractivity contribution in [3.05, 3.63) is 57.5 Å². The smallest absolute Gasteiger partial charge is 0.0253 e. The molecule has 0 spiro atoms. The van der Waals surface area contributed by atoms with Crippen LogP contribution in [0.15, 0.2) is 57.5 Å². The molecule has 0 bridgehead atoms. The maximum absolute atomic E-state index is 3.59. The average molecular weight is 336 g/mol. The molecule has 0 N–H and O–H groups in total. The van der Waals surface area contributed by atoms with Crippen molar-refractivity contribution >= 4 is 53.4 Å². The zero-order valence-corrected chi connectivity index (χ0v) is 11.5. The second-order valence-electron chi connectivity index (χ2n) is 3.80. The number of fused-ring (bicyclic) bond motifs is 2. The Labute approximate surface area is 111 Å². The summed E-state index contributed by atoms with van der Waals surface area (Å²) in [5.41, 5.74) is 0. The Bertz CT molecular complexity index is 686. The Morgan fingerprint density at radius 3 is 2.44 bits per heavy atom. The number of halogens is 2. The van der Waals surface area contributed by atoms with E-state index in [4.69, 9.17) is 0 Å². The van der Waals surface area contributed by atoms with Gasteiger partial charge in [0, 0.05) is 8.95 Å². The lowest BCUT2D eigenvalue weighted by Gasteiger charge is -2.04. The number of hydrogen-bond donors (Lipinski definition) is 0. The molecule has 78 valence electrons. The van der Waals surface area contributed by atoms with Gasteiger partial charge in [-0.3, -0.25) is 0 Å². The zero-order chi connectivity index (χ0) is 11.1. The molecular formula is C14H8Br2. The van der Waals surface area contributed by atoms with E-state index in [2.05, 4.69) is 80.4 Å².